The molecule has 0 atom stereocenters. The van der Waals surface area contributed by atoms with Crippen LogP contribution in [0.15, 0.2) is 18.3 Å². The molecule has 0 saturated heterocycles. The Labute approximate surface area is 155 Å². The first-order chi connectivity index (χ1) is 11.9. The Balaban J connectivity index is -0.000000948. The zero-order valence-corrected chi connectivity index (χ0v) is 15.5. The predicted octanol–water partition coefficient (Wildman–Crippen LogP) is 1.05. The van der Waals surface area contributed by atoms with Crippen LogP contribution in [0.2, 0.25) is 0 Å². The molecule has 26 heavy (non-hydrogen) atoms. The molecule has 10 heteroatoms. The molecular formula is C16H31N7O3. The van der Waals surface area contributed by atoms with Gasteiger partial charge in [0.2, 0.25) is 0 Å². The molecule has 148 valence electrons. The molecule has 0 aliphatic carbocycles. The fourth-order valence-electron chi connectivity index (χ4n) is 1.44. The molecule has 0 spiro atoms. The number of carbonyl (C=O) groups excluding carboxylic acids is 2. The Morgan fingerprint density at radius 3 is 2.15 bits per heavy atom. The average molecular weight is 369 g/mol. The highest BCUT2D eigenvalue weighted by Gasteiger charge is 2.15. The van der Waals surface area contributed by atoms with Crippen molar-refractivity contribution >= 4 is 23.7 Å². The summed E-state index contributed by atoms with van der Waals surface area (Å²) in [6.45, 7) is 7.34. The molecule has 0 unspecified atom stereocenters. The molecule has 0 radical (unpaired) electrons. The van der Waals surface area contributed by atoms with Crippen LogP contribution in [0.4, 0.5) is 4.79 Å². The Kier molecular flexibility index (Phi) is 9.35. The molecule has 1 aromatic rings. The van der Waals surface area contributed by atoms with Crippen LogP contribution in [0.25, 0.3) is 0 Å². The highest BCUT2D eigenvalue weighted by atomic mass is 16.6. The van der Waals surface area contributed by atoms with Crippen molar-refractivity contribution in [1.29, 1.82) is 10.8 Å². The third kappa shape index (κ3) is 11.4. The van der Waals surface area contributed by atoms with Gasteiger partial charge in [-0.1, -0.05) is 0 Å². The Morgan fingerprint density at radius 2 is 1.73 bits per heavy atom. The van der Waals surface area contributed by atoms with Crippen molar-refractivity contribution in [1.82, 2.24) is 15.6 Å². The zero-order valence-electron chi connectivity index (χ0n) is 15.5. The van der Waals surface area contributed by atoms with Gasteiger partial charge < -0.3 is 26.8 Å². The summed E-state index contributed by atoms with van der Waals surface area (Å²) in [5, 5.41) is 18.7. The second-order valence-corrected chi connectivity index (χ2v) is 6.21. The van der Waals surface area contributed by atoms with E-state index in [0.717, 1.165) is 0 Å². The molecule has 1 heterocycles. The maximum Gasteiger partial charge on any atom is 0.407 e. The summed E-state index contributed by atoms with van der Waals surface area (Å²) in [7, 11) is 0. The van der Waals surface area contributed by atoms with E-state index in [9.17, 15) is 9.59 Å². The summed E-state index contributed by atoms with van der Waals surface area (Å²) in [6, 6.07) is 3.02. The number of nitrogens with one attached hydrogen (secondary N) is 4. The van der Waals surface area contributed by atoms with Gasteiger partial charge in [0.15, 0.2) is 0 Å². The lowest BCUT2D eigenvalue weighted by molar-refractivity contribution is 0.0526. The summed E-state index contributed by atoms with van der Waals surface area (Å²) in [5.74, 6) is -0.317. The normalized spacial score (nSPS) is 10.0. The molecule has 0 saturated carbocycles. The molecule has 0 aliphatic heterocycles. The smallest absolute Gasteiger partial charge is 0.407 e. The van der Waals surface area contributed by atoms with Gasteiger partial charge in [0.1, 0.15) is 17.1 Å². The predicted molar refractivity (Wildman–Crippen MR) is 104 cm³/mol. The van der Waals surface area contributed by atoms with Crippen molar-refractivity contribution in [2.75, 3.05) is 13.1 Å². The van der Waals surface area contributed by atoms with E-state index in [-0.39, 0.29) is 33.5 Å². The lowest BCUT2D eigenvalue weighted by Gasteiger charge is -2.19. The van der Waals surface area contributed by atoms with Crippen molar-refractivity contribution in [2.45, 2.75) is 33.3 Å². The van der Waals surface area contributed by atoms with Crippen LogP contribution in [-0.4, -0.2) is 47.3 Å². The van der Waals surface area contributed by atoms with Gasteiger partial charge in [-0.25, -0.2) is 4.79 Å². The van der Waals surface area contributed by atoms with Crippen LogP contribution in [0.5, 0.6) is 0 Å². The SMILES string of the molecule is CC(=N)N.CC(C)(C)OC(=O)NCCNC(=O)c1ccc(C(=N)N)nc1.[HH].[HH]. The summed E-state index contributed by atoms with van der Waals surface area (Å²) >= 11 is 0. The Bertz CT molecular complexity index is 643. The number of nitrogens with zero attached hydrogens (tertiary/aromatic N) is 1. The van der Waals surface area contributed by atoms with Crippen LogP contribution >= 0.6 is 0 Å². The maximum absolute atomic E-state index is 11.8. The first kappa shape index (κ1) is 22.8. The van der Waals surface area contributed by atoms with Crippen LogP contribution in [0.3, 0.4) is 0 Å². The lowest BCUT2D eigenvalue weighted by Crippen LogP contribution is -2.37. The largest absolute Gasteiger partial charge is 0.444 e. The average Bonchev–Trinajstić information content (AvgIpc) is 2.49. The highest BCUT2D eigenvalue weighted by molar-refractivity contribution is 5.96. The monoisotopic (exact) mass is 369 g/mol. The number of nitrogens with two attached hydrogens (primary N) is 2. The molecule has 2 amide bonds. The molecule has 0 bridgehead atoms. The molecular weight excluding hydrogens is 338 g/mol. The summed E-state index contributed by atoms with van der Waals surface area (Å²) in [6.07, 6.45) is 0.808. The molecule has 8 N–H and O–H groups in total. The topological polar surface area (TPSA) is 180 Å². The molecule has 10 nitrogen and oxygen atoms in total. The second kappa shape index (κ2) is 10.6. The summed E-state index contributed by atoms with van der Waals surface area (Å²) in [5.41, 5.74) is 10.1. The molecule has 1 rings (SSSR count). The number of alkyl carbamates (subject to hydrolysis) is 1. The number of nitrogen functional groups attached to an aromatic ring is 1. The third-order valence-electron chi connectivity index (χ3n) is 2.38. The number of pyridine rings is 1. The van der Waals surface area contributed by atoms with E-state index in [4.69, 9.17) is 27.0 Å². The van der Waals surface area contributed by atoms with Crippen LogP contribution in [0.1, 0.15) is 46.6 Å². The number of amidine groups is 2. The fourth-order valence-corrected chi connectivity index (χ4v) is 1.44. The van der Waals surface area contributed by atoms with Gasteiger partial charge >= 0.3 is 6.09 Å². The van der Waals surface area contributed by atoms with Gasteiger partial charge in [0, 0.05) is 22.1 Å². The number of carbonyl (C=O) groups is 2. The molecule has 0 aliphatic rings. The first-order valence-electron chi connectivity index (χ1n) is 7.78. The van der Waals surface area contributed by atoms with Gasteiger partial charge in [0.05, 0.1) is 11.4 Å². The van der Waals surface area contributed by atoms with Gasteiger partial charge in [-0.2, -0.15) is 0 Å². The van der Waals surface area contributed by atoms with Crippen molar-refractivity contribution in [3.05, 3.63) is 29.6 Å². The number of ether oxygens (including phenoxy) is 1. The number of hydrogen-bond acceptors (Lipinski definition) is 6. The van der Waals surface area contributed by atoms with Gasteiger partial charge in [-0.05, 0) is 39.8 Å². The highest BCUT2D eigenvalue weighted by Crippen LogP contribution is 2.06. The quantitative estimate of drug-likeness (QED) is 0.256. The Morgan fingerprint density at radius 1 is 1.19 bits per heavy atom. The van der Waals surface area contributed by atoms with Crippen LogP contribution in [0, 0.1) is 10.8 Å². The number of hydrogen-bond donors (Lipinski definition) is 6. The van der Waals surface area contributed by atoms with Crippen molar-refractivity contribution in [3.8, 4) is 0 Å². The summed E-state index contributed by atoms with van der Waals surface area (Å²) < 4.78 is 5.06. The van der Waals surface area contributed by atoms with Gasteiger partial charge in [-0.15, -0.1) is 0 Å². The van der Waals surface area contributed by atoms with E-state index in [1.165, 1.54) is 25.3 Å². The minimum Gasteiger partial charge on any atom is -0.444 e. The van der Waals surface area contributed by atoms with E-state index >= 15 is 0 Å². The first-order valence-corrected chi connectivity index (χ1v) is 7.78. The van der Waals surface area contributed by atoms with E-state index in [1.54, 1.807) is 20.8 Å². The minimum absolute atomic E-state index is 0. The Hall–Kier alpha value is -3.17. The number of rotatable bonds is 5. The van der Waals surface area contributed by atoms with Gasteiger partial charge in [-0.3, -0.25) is 20.6 Å². The molecule has 1 aromatic heterocycles. The van der Waals surface area contributed by atoms with Crippen molar-refractivity contribution < 1.29 is 17.2 Å². The fraction of sp³-hybridized carbons (Fsp3) is 0.438. The van der Waals surface area contributed by atoms with Crippen LogP contribution in [-0.2, 0) is 4.74 Å². The zero-order chi connectivity index (χ0) is 20.3. The second-order valence-electron chi connectivity index (χ2n) is 6.21. The summed E-state index contributed by atoms with van der Waals surface area (Å²) in [4.78, 5) is 27.1. The van der Waals surface area contributed by atoms with E-state index in [0.29, 0.717) is 11.3 Å². The van der Waals surface area contributed by atoms with E-state index in [1.807, 2.05) is 0 Å². The lowest BCUT2D eigenvalue weighted by atomic mass is 10.2. The standard InChI is InChI=1S/C14H21N5O3.C2H6N2.2H2/c1-14(2,3)22-13(21)18-7-6-17-12(20)9-4-5-10(11(15)16)19-8-9;1-2(3)4;;/h4-5,8H,6-7H2,1-3H3,(H3,15,16)(H,17,20)(H,18,21);1H3,(H3,3,4);2*1H. The number of amides is 2. The van der Waals surface area contributed by atoms with E-state index < -0.39 is 11.7 Å². The number of aromatic nitrogens is 1. The van der Waals surface area contributed by atoms with E-state index in [2.05, 4.69) is 15.6 Å². The van der Waals surface area contributed by atoms with Crippen LogP contribution < -0.4 is 22.1 Å². The van der Waals surface area contributed by atoms with Crippen molar-refractivity contribution in [2.24, 2.45) is 11.5 Å². The van der Waals surface area contributed by atoms with Crippen molar-refractivity contribution in [3.63, 3.8) is 0 Å². The third-order valence-corrected chi connectivity index (χ3v) is 2.38. The minimum atomic E-state index is -0.558. The molecule has 0 fully saturated rings. The molecule has 0 aromatic carbocycles. The van der Waals surface area contributed by atoms with Gasteiger partial charge in [0.25, 0.3) is 5.91 Å². The maximum atomic E-state index is 11.8.